The molecule has 1 rings (SSSR count). The van der Waals surface area contributed by atoms with E-state index in [2.05, 4.69) is 11.9 Å². The third kappa shape index (κ3) is 1.99. The summed E-state index contributed by atoms with van der Waals surface area (Å²) in [5, 5.41) is 1.99. The Kier molecular flexibility index (Phi) is 2.68. The molecule has 0 radical (unpaired) electrons. The highest BCUT2D eigenvalue weighted by Gasteiger charge is 1.96. The number of rotatable bonds is 3. The number of nitrogens with zero attached hydrogens (tertiary/aromatic N) is 1. The van der Waals surface area contributed by atoms with Crippen molar-refractivity contribution in [2.75, 3.05) is 5.73 Å². The minimum absolute atomic E-state index is 0.825. The summed E-state index contributed by atoms with van der Waals surface area (Å²) >= 11 is 1.59. The number of nitrogen functional groups attached to an aromatic ring is 1. The van der Waals surface area contributed by atoms with Gasteiger partial charge in [0.25, 0.3) is 0 Å². The van der Waals surface area contributed by atoms with Crippen LogP contribution in [0.25, 0.3) is 0 Å². The van der Waals surface area contributed by atoms with E-state index in [1.54, 1.807) is 17.5 Å². The topological polar surface area (TPSA) is 38.9 Å². The van der Waals surface area contributed by atoms with Gasteiger partial charge < -0.3 is 5.73 Å². The predicted molar refractivity (Wildman–Crippen MR) is 45.1 cm³/mol. The van der Waals surface area contributed by atoms with Crippen LogP contribution < -0.4 is 5.73 Å². The average Bonchev–Trinajstić information content (AvgIpc) is 2.31. The number of aromatic nitrogens is 1. The summed E-state index contributed by atoms with van der Waals surface area (Å²) in [5.41, 5.74) is 5.51. The number of unbranched alkanes of at least 4 members (excludes halogenated alkanes) is 1. The van der Waals surface area contributed by atoms with Gasteiger partial charge in [-0.15, -0.1) is 11.3 Å². The van der Waals surface area contributed by atoms with Gasteiger partial charge in [-0.3, -0.25) is 0 Å². The molecule has 0 saturated heterocycles. The quantitative estimate of drug-likeness (QED) is 0.727. The Hall–Kier alpha value is -0.570. The van der Waals surface area contributed by atoms with Crippen LogP contribution >= 0.6 is 11.3 Å². The Morgan fingerprint density at radius 2 is 2.50 bits per heavy atom. The molecule has 56 valence electrons. The minimum atomic E-state index is 0.825. The van der Waals surface area contributed by atoms with E-state index >= 15 is 0 Å². The molecule has 0 unspecified atom stereocenters. The summed E-state index contributed by atoms with van der Waals surface area (Å²) in [6.45, 7) is 2.18. The van der Waals surface area contributed by atoms with Crippen molar-refractivity contribution >= 4 is 16.3 Å². The first kappa shape index (κ1) is 7.54. The van der Waals surface area contributed by atoms with Gasteiger partial charge in [-0.05, 0) is 12.8 Å². The maximum atomic E-state index is 5.51. The lowest BCUT2D eigenvalue weighted by atomic mass is 10.3. The Bertz CT molecular complexity index is 195. The molecule has 2 N–H and O–H groups in total. The van der Waals surface area contributed by atoms with E-state index in [-0.39, 0.29) is 0 Å². The molecule has 0 aliphatic heterocycles. The van der Waals surface area contributed by atoms with Crippen LogP contribution in [0.15, 0.2) is 6.20 Å². The van der Waals surface area contributed by atoms with Crippen LogP contribution in [0.1, 0.15) is 24.8 Å². The monoisotopic (exact) mass is 156 g/mol. The standard InChI is InChI=1S/C7H12N2S/c1-2-3-4-7-9-5-6(8)10-7/h5H,2-4,8H2,1H3. The zero-order valence-corrected chi connectivity index (χ0v) is 6.95. The molecule has 0 atom stereocenters. The number of aryl methyl sites for hydroxylation is 1. The van der Waals surface area contributed by atoms with E-state index in [9.17, 15) is 0 Å². The third-order valence-corrected chi connectivity index (χ3v) is 2.20. The second-order valence-corrected chi connectivity index (χ2v) is 3.41. The van der Waals surface area contributed by atoms with Crippen molar-refractivity contribution in [3.63, 3.8) is 0 Å². The van der Waals surface area contributed by atoms with Crippen molar-refractivity contribution in [1.29, 1.82) is 0 Å². The number of hydrogen-bond acceptors (Lipinski definition) is 3. The summed E-state index contributed by atoms with van der Waals surface area (Å²) < 4.78 is 0. The zero-order chi connectivity index (χ0) is 7.40. The van der Waals surface area contributed by atoms with Crippen molar-refractivity contribution in [2.45, 2.75) is 26.2 Å². The molecule has 0 spiro atoms. The second-order valence-electron chi connectivity index (χ2n) is 2.26. The Morgan fingerprint density at radius 3 is 3.00 bits per heavy atom. The average molecular weight is 156 g/mol. The van der Waals surface area contributed by atoms with Gasteiger partial charge in [0.05, 0.1) is 11.2 Å². The lowest BCUT2D eigenvalue weighted by molar-refractivity contribution is 0.790. The molecule has 0 bridgehead atoms. The number of hydrogen-bond donors (Lipinski definition) is 1. The molecular formula is C7H12N2S. The molecule has 0 aliphatic carbocycles. The van der Waals surface area contributed by atoms with Crippen LogP contribution in [0.2, 0.25) is 0 Å². The fraction of sp³-hybridized carbons (Fsp3) is 0.571. The van der Waals surface area contributed by atoms with Gasteiger partial charge in [-0.25, -0.2) is 4.98 Å². The van der Waals surface area contributed by atoms with Crippen molar-refractivity contribution in [1.82, 2.24) is 4.98 Å². The molecule has 1 aromatic heterocycles. The fourth-order valence-electron chi connectivity index (χ4n) is 0.768. The van der Waals surface area contributed by atoms with E-state index in [0.29, 0.717) is 0 Å². The smallest absolute Gasteiger partial charge is 0.106 e. The first-order valence-electron chi connectivity index (χ1n) is 3.53. The molecule has 1 aromatic rings. The molecule has 1 heterocycles. The highest BCUT2D eigenvalue weighted by atomic mass is 32.1. The first-order valence-corrected chi connectivity index (χ1v) is 4.34. The number of nitrogens with two attached hydrogens (primary N) is 1. The van der Waals surface area contributed by atoms with Crippen LogP contribution in [0.3, 0.4) is 0 Å². The Balaban J connectivity index is 2.42. The normalized spacial score (nSPS) is 10.1. The van der Waals surface area contributed by atoms with Gasteiger partial charge in [0.2, 0.25) is 0 Å². The van der Waals surface area contributed by atoms with Gasteiger partial charge in [0.1, 0.15) is 5.00 Å². The number of thiazole rings is 1. The van der Waals surface area contributed by atoms with Gasteiger partial charge in [0, 0.05) is 0 Å². The maximum absolute atomic E-state index is 5.51. The SMILES string of the molecule is CCCCc1ncc(N)s1. The summed E-state index contributed by atoms with van der Waals surface area (Å²) in [4.78, 5) is 4.15. The molecule has 10 heavy (non-hydrogen) atoms. The van der Waals surface area contributed by atoms with Crippen molar-refractivity contribution in [3.8, 4) is 0 Å². The molecule has 0 amide bonds. The third-order valence-electron chi connectivity index (χ3n) is 1.32. The van der Waals surface area contributed by atoms with E-state index in [1.807, 2.05) is 0 Å². The Labute approximate surface area is 65.1 Å². The fourth-order valence-corrected chi connectivity index (χ4v) is 1.50. The van der Waals surface area contributed by atoms with Crippen molar-refractivity contribution in [2.24, 2.45) is 0 Å². The molecule has 0 aromatic carbocycles. The summed E-state index contributed by atoms with van der Waals surface area (Å²) in [6.07, 6.45) is 5.25. The van der Waals surface area contributed by atoms with Gasteiger partial charge >= 0.3 is 0 Å². The van der Waals surface area contributed by atoms with E-state index in [1.165, 1.54) is 17.8 Å². The second kappa shape index (κ2) is 3.56. The predicted octanol–water partition coefficient (Wildman–Crippen LogP) is 2.07. The van der Waals surface area contributed by atoms with Crippen LogP contribution in [0.5, 0.6) is 0 Å². The van der Waals surface area contributed by atoms with Gasteiger partial charge in [-0.2, -0.15) is 0 Å². The van der Waals surface area contributed by atoms with Crippen LogP contribution in [0.4, 0.5) is 5.00 Å². The lowest BCUT2D eigenvalue weighted by Gasteiger charge is -1.89. The molecule has 0 aliphatic rings. The highest BCUT2D eigenvalue weighted by molar-refractivity contribution is 7.15. The van der Waals surface area contributed by atoms with Crippen molar-refractivity contribution in [3.05, 3.63) is 11.2 Å². The molecule has 0 fully saturated rings. The van der Waals surface area contributed by atoms with Crippen LogP contribution in [-0.4, -0.2) is 4.98 Å². The van der Waals surface area contributed by atoms with Gasteiger partial charge in [-0.1, -0.05) is 13.3 Å². The van der Waals surface area contributed by atoms with Gasteiger partial charge in [0.15, 0.2) is 0 Å². The largest absolute Gasteiger partial charge is 0.389 e. The van der Waals surface area contributed by atoms with E-state index < -0.39 is 0 Å². The molecule has 3 heteroatoms. The first-order chi connectivity index (χ1) is 4.83. The van der Waals surface area contributed by atoms with E-state index in [4.69, 9.17) is 5.73 Å². The molecule has 2 nitrogen and oxygen atoms in total. The molecular weight excluding hydrogens is 144 g/mol. The highest BCUT2D eigenvalue weighted by Crippen LogP contribution is 2.16. The molecule has 0 saturated carbocycles. The lowest BCUT2D eigenvalue weighted by Crippen LogP contribution is -1.80. The minimum Gasteiger partial charge on any atom is -0.389 e. The summed E-state index contributed by atoms with van der Waals surface area (Å²) in [6, 6.07) is 0. The van der Waals surface area contributed by atoms with Crippen LogP contribution in [0, 0.1) is 0 Å². The Morgan fingerprint density at radius 1 is 1.70 bits per heavy atom. The maximum Gasteiger partial charge on any atom is 0.106 e. The zero-order valence-electron chi connectivity index (χ0n) is 6.13. The van der Waals surface area contributed by atoms with Crippen LogP contribution in [-0.2, 0) is 6.42 Å². The number of anilines is 1. The summed E-state index contributed by atoms with van der Waals surface area (Å²) in [5.74, 6) is 0. The van der Waals surface area contributed by atoms with Crippen molar-refractivity contribution < 1.29 is 0 Å². The van der Waals surface area contributed by atoms with E-state index in [0.717, 1.165) is 11.4 Å². The summed E-state index contributed by atoms with van der Waals surface area (Å²) in [7, 11) is 0.